The minimum absolute atomic E-state index is 0.302. The number of carbonyl (C=O) groups excluding carboxylic acids is 1. The zero-order valence-corrected chi connectivity index (χ0v) is 23.0. The normalized spacial score (nSPS) is 21.6. The van der Waals surface area contributed by atoms with Crippen LogP contribution in [-0.4, -0.2) is 34.8 Å². The van der Waals surface area contributed by atoms with Gasteiger partial charge in [-0.1, -0.05) is 68.3 Å². The number of nitrogens with two attached hydrogens (primary N) is 1. The van der Waals surface area contributed by atoms with Gasteiger partial charge in [0, 0.05) is 22.9 Å². The van der Waals surface area contributed by atoms with Crippen molar-refractivity contribution >= 4 is 22.3 Å². The van der Waals surface area contributed by atoms with E-state index in [0.29, 0.717) is 24.2 Å². The summed E-state index contributed by atoms with van der Waals surface area (Å²) in [5, 5.41) is 0.729. The van der Waals surface area contributed by atoms with Crippen molar-refractivity contribution in [2.45, 2.75) is 77.2 Å². The van der Waals surface area contributed by atoms with Crippen LogP contribution in [0, 0.1) is 11.8 Å². The summed E-state index contributed by atoms with van der Waals surface area (Å²) < 4.78 is 0. The van der Waals surface area contributed by atoms with Gasteiger partial charge in [0.25, 0.3) is 0 Å². The lowest BCUT2D eigenvalue weighted by molar-refractivity contribution is 0.0937. The molecule has 0 spiro atoms. The summed E-state index contributed by atoms with van der Waals surface area (Å²) in [5.74, 6) is 1.63. The molecule has 2 aromatic carbocycles. The standard InChI is InChI=1S/C32H41N3OS/c1-2-18-35(28-15-16-29-31(22-28)37-32(33)34-29)19-17-23-11-13-24(14-12-23)20-30(36)27-10-6-9-26(21-27)25-7-4-3-5-8-25/h3-10,21,23-24,28H,2,11-20,22H2,1H3,(H2,33,34)/t23?,24?,28-/m0/s1. The highest BCUT2D eigenvalue weighted by Gasteiger charge is 2.28. The summed E-state index contributed by atoms with van der Waals surface area (Å²) in [6, 6.07) is 19.1. The largest absolute Gasteiger partial charge is 0.375 e. The number of carbonyl (C=O) groups is 1. The van der Waals surface area contributed by atoms with Gasteiger partial charge in [-0.2, -0.15) is 0 Å². The van der Waals surface area contributed by atoms with Crippen LogP contribution in [0.3, 0.4) is 0 Å². The number of rotatable bonds is 10. The zero-order valence-electron chi connectivity index (χ0n) is 22.2. The number of hydrogen-bond donors (Lipinski definition) is 1. The molecule has 2 N–H and O–H groups in total. The van der Waals surface area contributed by atoms with Crippen molar-refractivity contribution in [3.05, 3.63) is 70.7 Å². The molecule has 4 nitrogen and oxygen atoms in total. The summed E-state index contributed by atoms with van der Waals surface area (Å²) in [7, 11) is 0. The second kappa shape index (κ2) is 12.4. The molecule has 0 unspecified atom stereocenters. The van der Waals surface area contributed by atoms with Crippen LogP contribution in [0.25, 0.3) is 11.1 Å². The molecule has 0 aliphatic heterocycles. The number of thiazole rings is 1. The number of hydrogen-bond acceptors (Lipinski definition) is 5. The smallest absolute Gasteiger partial charge is 0.180 e. The lowest BCUT2D eigenvalue weighted by Crippen LogP contribution is -2.41. The van der Waals surface area contributed by atoms with E-state index in [1.807, 2.05) is 30.3 Å². The maximum Gasteiger partial charge on any atom is 0.180 e. The molecule has 2 aliphatic rings. The van der Waals surface area contributed by atoms with Crippen LogP contribution in [0.2, 0.25) is 0 Å². The average molecular weight is 516 g/mol. The third-order valence-electron chi connectivity index (χ3n) is 8.51. The molecule has 1 atom stereocenters. The molecule has 5 rings (SSSR count). The summed E-state index contributed by atoms with van der Waals surface area (Å²) in [4.78, 5) is 21.8. The molecule has 2 aliphatic carbocycles. The fourth-order valence-electron chi connectivity index (χ4n) is 6.41. The summed E-state index contributed by atoms with van der Waals surface area (Å²) in [6.45, 7) is 4.67. The molecule has 1 fully saturated rings. The molecule has 3 aromatic rings. The molecule has 1 saturated carbocycles. The van der Waals surface area contributed by atoms with Gasteiger partial charge in [-0.25, -0.2) is 4.98 Å². The van der Waals surface area contributed by atoms with Gasteiger partial charge in [-0.3, -0.25) is 4.79 Å². The van der Waals surface area contributed by atoms with Crippen LogP contribution < -0.4 is 5.73 Å². The zero-order chi connectivity index (χ0) is 25.6. The Balaban J connectivity index is 1.09. The number of nitrogen functional groups attached to an aromatic ring is 1. The van der Waals surface area contributed by atoms with Crippen molar-refractivity contribution < 1.29 is 4.79 Å². The highest BCUT2D eigenvalue weighted by atomic mass is 32.1. The highest BCUT2D eigenvalue weighted by molar-refractivity contribution is 7.15. The fraction of sp³-hybridized carbons (Fsp3) is 0.500. The molecular weight excluding hydrogens is 474 g/mol. The number of nitrogens with zero attached hydrogens (tertiary/aromatic N) is 2. The molecule has 0 radical (unpaired) electrons. The van der Waals surface area contributed by atoms with Crippen LogP contribution in [0.1, 0.15) is 79.2 Å². The van der Waals surface area contributed by atoms with E-state index in [1.165, 1.54) is 74.2 Å². The topological polar surface area (TPSA) is 59.2 Å². The molecule has 0 saturated heterocycles. The van der Waals surface area contributed by atoms with Gasteiger partial charge in [0.2, 0.25) is 0 Å². The minimum Gasteiger partial charge on any atom is -0.375 e. The van der Waals surface area contributed by atoms with Crippen molar-refractivity contribution in [3.63, 3.8) is 0 Å². The molecule has 5 heteroatoms. The molecule has 1 heterocycles. The monoisotopic (exact) mass is 515 g/mol. The van der Waals surface area contributed by atoms with Gasteiger partial charge in [-0.05, 0) is 87.1 Å². The number of fused-ring (bicyclic) bond motifs is 1. The van der Waals surface area contributed by atoms with E-state index in [1.54, 1.807) is 11.3 Å². The number of benzene rings is 2. The van der Waals surface area contributed by atoms with E-state index in [4.69, 9.17) is 5.73 Å². The minimum atomic E-state index is 0.302. The van der Waals surface area contributed by atoms with Crippen LogP contribution in [0.15, 0.2) is 54.6 Å². The van der Waals surface area contributed by atoms with Crippen LogP contribution >= 0.6 is 11.3 Å². The van der Waals surface area contributed by atoms with E-state index in [9.17, 15) is 4.79 Å². The molecular formula is C32H41N3OS. The second-order valence-corrected chi connectivity index (χ2v) is 12.2. The molecule has 0 bridgehead atoms. The second-order valence-electron chi connectivity index (χ2n) is 11.1. The van der Waals surface area contributed by atoms with Crippen LogP contribution in [0.5, 0.6) is 0 Å². The highest BCUT2D eigenvalue weighted by Crippen LogP contribution is 2.35. The Morgan fingerprint density at radius 2 is 1.73 bits per heavy atom. The summed E-state index contributed by atoms with van der Waals surface area (Å²) in [6.07, 6.45) is 11.5. The Labute approximate surface area is 226 Å². The van der Waals surface area contributed by atoms with Gasteiger partial charge < -0.3 is 10.6 Å². The first-order valence-electron chi connectivity index (χ1n) is 14.3. The molecule has 0 amide bonds. The van der Waals surface area contributed by atoms with E-state index in [-0.39, 0.29) is 0 Å². The molecule has 1 aromatic heterocycles. The predicted octanol–water partition coefficient (Wildman–Crippen LogP) is 7.43. The number of aryl methyl sites for hydroxylation is 1. The van der Waals surface area contributed by atoms with Gasteiger partial charge in [0.05, 0.1) is 5.69 Å². The molecule has 37 heavy (non-hydrogen) atoms. The van der Waals surface area contributed by atoms with E-state index in [2.05, 4.69) is 41.1 Å². The predicted molar refractivity (Wildman–Crippen MR) is 155 cm³/mol. The lowest BCUT2D eigenvalue weighted by Gasteiger charge is -2.36. The fourth-order valence-corrected chi connectivity index (χ4v) is 7.36. The van der Waals surface area contributed by atoms with Gasteiger partial charge in [-0.15, -0.1) is 11.3 Å². The summed E-state index contributed by atoms with van der Waals surface area (Å²) >= 11 is 1.69. The van der Waals surface area contributed by atoms with Crippen LogP contribution in [0.4, 0.5) is 5.13 Å². The summed E-state index contributed by atoms with van der Waals surface area (Å²) in [5.41, 5.74) is 10.4. The van der Waals surface area contributed by atoms with Gasteiger partial charge in [0.1, 0.15) is 0 Å². The third kappa shape index (κ3) is 6.69. The van der Waals surface area contributed by atoms with Crippen molar-refractivity contribution in [1.29, 1.82) is 0 Å². The first-order valence-corrected chi connectivity index (χ1v) is 15.1. The third-order valence-corrected chi connectivity index (χ3v) is 9.46. The maximum atomic E-state index is 13.1. The number of ketones is 1. The SMILES string of the molecule is CCCN(CCC1CCC(CC(=O)c2cccc(-c3ccccc3)c2)CC1)[C@H]1CCc2nc(N)sc2C1. The Morgan fingerprint density at radius 1 is 0.973 bits per heavy atom. The van der Waals surface area contributed by atoms with Gasteiger partial charge in [0.15, 0.2) is 10.9 Å². The lowest BCUT2D eigenvalue weighted by atomic mass is 9.78. The maximum absolute atomic E-state index is 13.1. The van der Waals surface area contributed by atoms with Crippen molar-refractivity contribution in [1.82, 2.24) is 9.88 Å². The number of anilines is 1. The Bertz CT molecular complexity index is 1170. The van der Waals surface area contributed by atoms with Gasteiger partial charge >= 0.3 is 0 Å². The first kappa shape index (κ1) is 26.1. The average Bonchev–Trinajstić information content (AvgIpc) is 3.31. The van der Waals surface area contributed by atoms with E-state index in [0.717, 1.165) is 35.0 Å². The van der Waals surface area contributed by atoms with E-state index >= 15 is 0 Å². The quantitative estimate of drug-likeness (QED) is 0.285. The van der Waals surface area contributed by atoms with Crippen LogP contribution in [-0.2, 0) is 12.8 Å². The first-order chi connectivity index (χ1) is 18.1. The Kier molecular flexibility index (Phi) is 8.73. The van der Waals surface area contributed by atoms with Crippen molar-refractivity contribution in [2.75, 3.05) is 18.8 Å². The van der Waals surface area contributed by atoms with E-state index < -0.39 is 0 Å². The van der Waals surface area contributed by atoms with Crippen molar-refractivity contribution in [2.24, 2.45) is 11.8 Å². The Morgan fingerprint density at radius 3 is 2.51 bits per heavy atom. The number of Topliss-reactive ketones (excluding diaryl/α,β-unsaturated/α-hetero) is 1. The Hall–Kier alpha value is -2.50. The molecule has 196 valence electrons. The number of aromatic nitrogens is 1. The van der Waals surface area contributed by atoms with Crippen molar-refractivity contribution in [3.8, 4) is 11.1 Å².